The Morgan fingerprint density at radius 1 is 0.957 bits per heavy atom. The highest BCUT2D eigenvalue weighted by atomic mass is 16.5. The average molecular weight is 302 g/mol. The molecule has 0 saturated heterocycles. The number of esters is 1. The molecule has 0 radical (unpaired) electrons. The predicted octanol–water partition coefficient (Wildman–Crippen LogP) is 5.09. The molecule has 0 heterocycles. The Bertz CT molecular complexity index is 964. The molecule has 0 saturated carbocycles. The number of hydrogen-bond donors (Lipinski definition) is 0. The van der Waals surface area contributed by atoms with Crippen LogP contribution < -0.4 is 0 Å². The second kappa shape index (κ2) is 5.24. The van der Waals surface area contributed by atoms with Gasteiger partial charge in [-0.15, -0.1) is 0 Å². The minimum atomic E-state index is -0.178. The van der Waals surface area contributed by atoms with Gasteiger partial charge in [0, 0.05) is 5.56 Å². The van der Waals surface area contributed by atoms with Crippen molar-refractivity contribution in [1.82, 2.24) is 0 Å². The Hall–Kier alpha value is -2.61. The first kappa shape index (κ1) is 14.0. The summed E-state index contributed by atoms with van der Waals surface area (Å²) in [6, 6.07) is 17.0. The van der Waals surface area contributed by atoms with Crippen molar-refractivity contribution in [2.45, 2.75) is 20.3 Å². The fourth-order valence-corrected chi connectivity index (χ4v) is 3.23. The van der Waals surface area contributed by atoms with Gasteiger partial charge in [-0.2, -0.15) is 0 Å². The van der Waals surface area contributed by atoms with E-state index in [1.807, 2.05) is 19.9 Å². The topological polar surface area (TPSA) is 26.3 Å². The van der Waals surface area contributed by atoms with Crippen molar-refractivity contribution in [3.05, 3.63) is 65.7 Å². The lowest BCUT2D eigenvalue weighted by atomic mass is 9.96. The van der Waals surface area contributed by atoms with Gasteiger partial charge in [0.05, 0.1) is 5.92 Å². The molecule has 3 aromatic carbocycles. The number of carbonyl (C=O) groups is 1. The zero-order chi connectivity index (χ0) is 16.0. The molecule has 0 atom stereocenters. The van der Waals surface area contributed by atoms with Gasteiger partial charge in [0.15, 0.2) is 0 Å². The lowest BCUT2D eigenvalue weighted by Crippen LogP contribution is -2.10. The number of hydrogen-bond acceptors (Lipinski definition) is 2. The molecular weight excluding hydrogens is 284 g/mol. The quantitative estimate of drug-likeness (QED) is 0.487. The molecule has 0 spiro atoms. The summed E-state index contributed by atoms with van der Waals surface area (Å²) < 4.78 is 5.56. The van der Waals surface area contributed by atoms with Crippen molar-refractivity contribution >= 4 is 33.3 Å². The van der Waals surface area contributed by atoms with Crippen LogP contribution in [0, 0.1) is 5.92 Å². The van der Waals surface area contributed by atoms with E-state index in [1.54, 1.807) is 0 Å². The molecule has 0 unspecified atom stereocenters. The third kappa shape index (κ3) is 2.22. The highest BCUT2D eigenvalue weighted by molar-refractivity contribution is 6.09. The Balaban J connectivity index is 1.84. The first-order valence-electron chi connectivity index (χ1n) is 8.00. The standard InChI is InChI=1S/C21H18O2/c1-13(2)21(22)23-20-12-11-18-17-8-7-14-5-3-4-6-15(14)16(17)9-10-19(18)20/h3-10,12-13H,11H2,1-2H3. The summed E-state index contributed by atoms with van der Waals surface area (Å²) in [4.78, 5) is 11.9. The minimum Gasteiger partial charge on any atom is -0.426 e. The van der Waals surface area contributed by atoms with E-state index in [9.17, 15) is 4.79 Å². The van der Waals surface area contributed by atoms with Gasteiger partial charge >= 0.3 is 5.97 Å². The van der Waals surface area contributed by atoms with Crippen LogP contribution in [0.2, 0.25) is 0 Å². The van der Waals surface area contributed by atoms with Gasteiger partial charge in [0.25, 0.3) is 0 Å². The van der Waals surface area contributed by atoms with Gasteiger partial charge in [0.1, 0.15) is 5.76 Å². The van der Waals surface area contributed by atoms with Crippen molar-refractivity contribution in [3.8, 4) is 0 Å². The molecule has 0 bridgehead atoms. The molecule has 0 fully saturated rings. The summed E-state index contributed by atoms with van der Waals surface area (Å²) >= 11 is 0. The van der Waals surface area contributed by atoms with E-state index in [4.69, 9.17) is 4.74 Å². The minimum absolute atomic E-state index is 0.121. The lowest BCUT2D eigenvalue weighted by Gasteiger charge is -2.12. The van der Waals surface area contributed by atoms with Crippen LogP contribution in [0.25, 0.3) is 27.3 Å². The molecule has 4 rings (SSSR count). The molecule has 114 valence electrons. The van der Waals surface area contributed by atoms with Crippen LogP contribution in [0.15, 0.2) is 54.6 Å². The molecule has 1 aliphatic carbocycles. The summed E-state index contributed by atoms with van der Waals surface area (Å²) in [6.45, 7) is 3.70. The fraction of sp³-hybridized carbons (Fsp3) is 0.190. The van der Waals surface area contributed by atoms with Gasteiger partial charge in [-0.05, 0) is 39.6 Å². The molecule has 1 aliphatic rings. The maximum Gasteiger partial charge on any atom is 0.313 e. The Kier molecular flexibility index (Phi) is 3.19. The SMILES string of the molecule is CC(C)C(=O)OC1=CCc2c1ccc1c2ccc2ccccc21. The maximum atomic E-state index is 11.9. The van der Waals surface area contributed by atoms with Gasteiger partial charge in [-0.1, -0.05) is 62.4 Å². The van der Waals surface area contributed by atoms with Crippen LogP contribution in [-0.2, 0) is 16.0 Å². The summed E-state index contributed by atoms with van der Waals surface area (Å²) in [5.41, 5.74) is 2.29. The number of benzene rings is 3. The van der Waals surface area contributed by atoms with E-state index in [0.29, 0.717) is 5.76 Å². The molecule has 2 heteroatoms. The monoisotopic (exact) mass is 302 g/mol. The zero-order valence-corrected chi connectivity index (χ0v) is 13.3. The third-order valence-electron chi connectivity index (χ3n) is 4.48. The van der Waals surface area contributed by atoms with E-state index < -0.39 is 0 Å². The second-order valence-corrected chi connectivity index (χ2v) is 6.32. The van der Waals surface area contributed by atoms with Crippen LogP contribution in [0.4, 0.5) is 0 Å². The van der Waals surface area contributed by atoms with Crippen LogP contribution in [-0.4, -0.2) is 5.97 Å². The summed E-state index contributed by atoms with van der Waals surface area (Å²) in [5, 5.41) is 5.01. The molecule has 0 amide bonds. The normalized spacial score (nSPS) is 13.4. The van der Waals surface area contributed by atoms with E-state index in [-0.39, 0.29) is 11.9 Å². The van der Waals surface area contributed by atoms with Crippen molar-refractivity contribution in [3.63, 3.8) is 0 Å². The van der Waals surface area contributed by atoms with Crippen molar-refractivity contribution in [2.75, 3.05) is 0 Å². The average Bonchev–Trinajstić information content (AvgIpc) is 2.97. The molecule has 0 aromatic heterocycles. The molecule has 23 heavy (non-hydrogen) atoms. The lowest BCUT2D eigenvalue weighted by molar-refractivity contribution is -0.140. The highest BCUT2D eigenvalue weighted by Crippen LogP contribution is 2.36. The van der Waals surface area contributed by atoms with Gasteiger partial charge in [0.2, 0.25) is 0 Å². The van der Waals surface area contributed by atoms with Gasteiger partial charge in [-0.25, -0.2) is 0 Å². The summed E-state index contributed by atoms with van der Waals surface area (Å²) in [7, 11) is 0. The smallest absolute Gasteiger partial charge is 0.313 e. The Morgan fingerprint density at radius 2 is 1.74 bits per heavy atom. The molecular formula is C21H18O2. The summed E-state index contributed by atoms with van der Waals surface area (Å²) in [6.07, 6.45) is 2.82. The predicted molar refractivity (Wildman–Crippen MR) is 94.1 cm³/mol. The van der Waals surface area contributed by atoms with E-state index >= 15 is 0 Å². The number of ether oxygens (including phenoxy) is 1. The number of rotatable bonds is 2. The summed E-state index contributed by atoms with van der Waals surface area (Å²) in [5.74, 6) is 0.404. The molecule has 3 aromatic rings. The largest absolute Gasteiger partial charge is 0.426 e. The van der Waals surface area contributed by atoms with Crippen molar-refractivity contribution in [1.29, 1.82) is 0 Å². The fourth-order valence-electron chi connectivity index (χ4n) is 3.23. The van der Waals surface area contributed by atoms with E-state index in [0.717, 1.165) is 12.0 Å². The van der Waals surface area contributed by atoms with Crippen LogP contribution in [0.5, 0.6) is 0 Å². The third-order valence-corrected chi connectivity index (χ3v) is 4.48. The van der Waals surface area contributed by atoms with Crippen LogP contribution in [0.1, 0.15) is 25.0 Å². The number of carbonyl (C=O) groups excluding carboxylic acids is 1. The van der Waals surface area contributed by atoms with E-state index in [1.165, 1.54) is 27.1 Å². The molecule has 2 nitrogen and oxygen atoms in total. The van der Waals surface area contributed by atoms with Crippen molar-refractivity contribution < 1.29 is 9.53 Å². The zero-order valence-electron chi connectivity index (χ0n) is 13.3. The number of allylic oxidation sites excluding steroid dienone is 1. The van der Waals surface area contributed by atoms with Crippen LogP contribution >= 0.6 is 0 Å². The number of fused-ring (bicyclic) bond motifs is 5. The Morgan fingerprint density at radius 3 is 2.57 bits per heavy atom. The molecule has 0 N–H and O–H groups in total. The van der Waals surface area contributed by atoms with Crippen LogP contribution in [0.3, 0.4) is 0 Å². The van der Waals surface area contributed by atoms with Gasteiger partial charge in [-0.3, -0.25) is 4.79 Å². The van der Waals surface area contributed by atoms with E-state index in [2.05, 4.69) is 48.5 Å². The molecule has 0 aliphatic heterocycles. The second-order valence-electron chi connectivity index (χ2n) is 6.32. The van der Waals surface area contributed by atoms with Gasteiger partial charge < -0.3 is 4.74 Å². The highest BCUT2D eigenvalue weighted by Gasteiger charge is 2.21. The van der Waals surface area contributed by atoms with Crippen molar-refractivity contribution in [2.24, 2.45) is 5.92 Å². The first-order chi connectivity index (χ1) is 11.1. The maximum absolute atomic E-state index is 11.9. The first-order valence-corrected chi connectivity index (χ1v) is 8.00. The Labute approximate surface area is 135 Å².